The molecule has 16 heavy (non-hydrogen) atoms. The van der Waals surface area contributed by atoms with Gasteiger partial charge in [0, 0.05) is 11.8 Å². The second-order valence-electron chi connectivity index (χ2n) is 3.46. The van der Waals surface area contributed by atoms with E-state index in [2.05, 4.69) is 5.32 Å². The van der Waals surface area contributed by atoms with Crippen molar-refractivity contribution in [2.24, 2.45) is 0 Å². The van der Waals surface area contributed by atoms with Crippen LogP contribution in [0.3, 0.4) is 0 Å². The van der Waals surface area contributed by atoms with Gasteiger partial charge in [-0.25, -0.2) is 4.79 Å². The van der Waals surface area contributed by atoms with Gasteiger partial charge in [-0.3, -0.25) is 0 Å². The van der Waals surface area contributed by atoms with Gasteiger partial charge in [-0.2, -0.15) is 0 Å². The van der Waals surface area contributed by atoms with Gasteiger partial charge in [0.15, 0.2) is 5.88 Å². The third-order valence-electron chi connectivity index (χ3n) is 2.10. The molecule has 0 amide bonds. The molecule has 0 unspecified atom stereocenters. The topological polar surface area (TPSA) is 62.5 Å². The quantitative estimate of drug-likeness (QED) is 0.829. The molecule has 82 valence electrons. The van der Waals surface area contributed by atoms with E-state index in [1.165, 1.54) is 6.07 Å². The van der Waals surface area contributed by atoms with E-state index in [9.17, 15) is 4.79 Å². The fraction of sp³-hybridized carbons (Fsp3) is 0.0833. The average Bonchev–Trinajstić information content (AvgIpc) is 2.66. The van der Waals surface area contributed by atoms with Gasteiger partial charge < -0.3 is 14.8 Å². The van der Waals surface area contributed by atoms with Crippen molar-refractivity contribution in [3.05, 3.63) is 47.7 Å². The molecular weight excluding hydrogens is 206 g/mol. The van der Waals surface area contributed by atoms with E-state index in [0.29, 0.717) is 5.88 Å². The number of rotatable bonds is 3. The lowest BCUT2D eigenvalue weighted by molar-refractivity contribution is 0.0663. The van der Waals surface area contributed by atoms with E-state index in [-0.39, 0.29) is 5.76 Å². The summed E-state index contributed by atoms with van der Waals surface area (Å²) in [7, 11) is 0. The molecule has 1 aromatic carbocycles. The van der Waals surface area contributed by atoms with E-state index in [0.717, 1.165) is 11.3 Å². The SMILES string of the molecule is Cc1cccc(Nc2ccc(C(=O)O)o2)c1. The second-order valence-corrected chi connectivity index (χ2v) is 3.46. The summed E-state index contributed by atoms with van der Waals surface area (Å²) in [6.07, 6.45) is 0. The van der Waals surface area contributed by atoms with E-state index in [1.54, 1.807) is 6.07 Å². The highest BCUT2D eigenvalue weighted by molar-refractivity contribution is 5.85. The maximum atomic E-state index is 10.6. The summed E-state index contributed by atoms with van der Waals surface area (Å²) in [6.45, 7) is 1.98. The number of nitrogens with one attached hydrogen (secondary N) is 1. The number of benzene rings is 1. The Labute approximate surface area is 92.5 Å². The number of aromatic carboxylic acids is 1. The van der Waals surface area contributed by atoms with Crippen molar-refractivity contribution in [3.8, 4) is 0 Å². The molecule has 2 N–H and O–H groups in total. The van der Waals surface area contributed by atoms with Crippen LogP contribution in [0.5, 0.6) is 0 Å². The standard InChI is InChI=1S/C12H11NO3/c1-8-3-2-4-9(7-8)13-11-6-5-10(16-11)12(14)15/h2-7,13H,1H3,(H,14,15). The Bertz CT molecular complexity index is 516. The van der Waals surface area contributed by atoms with Crippen molar-refractivity contribution in [1.82, 2.24) is 0 Å². The molecule has 0 atom stereocenters. The number of carboxylic acids is 1. The van der Waals surface area contributed by atoms with Crippen LogP contribution in [0.2, 0.25) is 0 Å². The maximum Gasteiger partial charge on any atom is 0.371 e. The normalized spacial score (nSPS) is 10.1. The van der Waals surface area contributed by atoms with Gasteiger partial charge in [0.25, 0.3) is 0 Å². The highest BCUT2D eigenvalue weighted by Crippen LogP contribution is 2.19. The zero-order valence-corrected chi connectivity index (χ0v) is 8.73. The van der Waals surface area contributed by atoms with Crippen LogP contribution in [0.15, 0.2) is 40.8 Å². The molecule has 0 saturated heterocycles. The van der Waals surface area contributed by atoms with Crippen LogP contribution in [0, 0.1) is 6.92 Å². The lowest BCUT2D eigenvalue weighted by atomic mass is 10.2. The number of carboxylic acid groups (broad SMARTS) is 1. The van der Waals surface area contributed by atoms with Crippen molar-refractivity contribution in [2.45, 2.75) is 6.92 Å². The molecule has 0 aliphatic heterocycles. The van der Waals surface area contributed by atoms with Crippen molar-refractivity contribution in [2.75, 3.05) is 5.32 Å². The summed E-state index contributed by atoms with van der Waals surface area (Å²) in [4.78, 5) is 10.6. The van der Waals surface area contributed by atoms with Gasteiger partial charge in [0.1, 0.15) is 0 Å². The molecule has 4 heteroatoms. The minimum absolute atomic E-state index is 0.0739. The first-order chi connectivity index (χ1) is 7.65. The van der Waals surface area contributed by atoms with E-state index < -0.39 is 5.97 Å². The van der Waals surface area contributed by atoms with Crippen LogP contribution >= 0.6 is 0 Å². The summed E-state index contributed by atoms with van der Waals surface area (Å²) in [5.41, 5.74) is 1.99. The highest BCUT2D eigenvalue weighted by atomic mass is 16.4. The molecule has 0 radical (unpaired) electrons. The fourth-order valence-corrected chi connectivity index (χ4v) is 1.39. The molecule has 2 aromatic rings. The Balaban J connectivity index is 2.17. The van der Waals surface area contributed by atoms with E-state index in [4.69, 9.17) is 9.52 Å². The first-order valence-corrected chi connectivity index (χ1v) is 4.82. The lowest BCUT2D eigenvalue weighted by Gasteiger charge is -2.03. The minimum Gasteiger partial charge on any atom is -0.475 e. The Hall–Kier alpha value is -2.23. The summed E-state index contributed by atoms with van der Waals surface area (Å²) < 4.78 is 5.08. The third kappa shape index (κ3) is 2.23. The molecule has 0 fully saturated rings. The third-order valence-corrected chi connectivity index (χ3v) is 2.10. The molecule has 0 aliphatic carbocycles. The van der Waals surface area contributed by atoms with E-state index in [1.807, 2.05) is 31.2 Å². The number of hydrogen-bond acceptors (Lipinski definition) is 3. The molecule has 0 bridgehead atoms. The molecule has 0 spiro atoms. The van der Waals surface area contributed by atoms with Crippen molar-refractivity contribution < 1.29 is 14.3 Å². The smallest absolute Gasteiger partial charge is 0.371 e. The van der Waals surface area contributed by atoms with Crippen LogP contribution < -0.4 is 5.32 Å². The Morgan fingerprint density at radius 2 is 2.12 bits per heavy atom. The van der Waals surface area contributed by atoms with Crippen LogP contribution in [-0.4, -0.2) is 11.1 Å². The van der Waals surface area contributed by atoms with E-state index >= 15 is 0 Å². The molecule has 2 rings (SSSR count). The molecule has 0 aliphatic rings. The fourth-order valence-electron chi connectivity index (χ4n) is 1.39. The minimum atomic E-state index is -1.07. The number of hydrogen-bond donors (Lipinski definition) is 2. The van der Waals surface area contributed by atoms with Crippen molar-refractivity contribution in [3.63, 3.8) is 0 Å². The van der Waals surface area contributed by atoms with Crippen molar-refractivity contribution >= 4 is 17.5 Å². The lowest BCUT2D eigenvalue weighted by Crippen LogP contribution is -1.92. The molecule has 1 aromatic heterocycles. The average molecular weight is 217 g/mol. The predicted octanol–water partition coefficient (Wildman–Crippen LogP) is 3.03. The van der Waals surface area contributed by atoms with Crippen LogP contribution in [0.25, 0.3) is 0 Å². The molecule has 1 heterocycles. The monoisotopic (exact) mass is 217 g/mol. The van der Waals surface area contributed by atoms with Crippen LogP contribution in [0.4, 0.5) is 11.6 Å². The summed E-state index contributed by atoms with van der Waals surface area (Å²) in [5, 5.41) is 11.7. The number of aryl methyl sites for hydroxylation is 1. The summed E-state index contributed by atoms with van der Waals surface area (Å²) in [5.74, 6) is -0.726. The van der Waals surface area contributed by atoms with Gasteiger partial charge >= 0.3 is 5.97 Å². The largest absolute Gasteiger partial charge is 0.475 e. The Morgan fingerprint density at radius 1 is 1.31 bits per heavy atom. The number of furan rings is 1. The number of carbonyl (C=O) groups is 1. The molecular formula is C12H11NO3. The summed E-state index contributed by atoms with van der Waals surface area (Å²) in [6, 6.07) is 10.7. The van der Waals surface area contributed by atoms with Crippen LogP contribution in [0.1, 0.15) is 16.1 Å². The first-order valence-electron chi connectivity index (χ1n) is 4.82. The molecule has 0 saturated carbocycles. The van der Waals surface area contributed by atoms with Crippen molar-refractivity contribution in [1.29, 1.82) is 0 Å². The highest BCUT2D eigenvalue weighted by Gasteiger charge is 2.08. The maximum absolute atomic E-state index is 10.6. The summed E-state index contributed by atoms with van der Waals surface area (Å²) >= 11 is 0. The zero-order valence-electron chi connectivity index (χ0n) is 8.73. The second kappa shape index (κ2) is 4.10. The predicted molar refractivity (Wildman–Crippen MR) is 60.1 cm³/mol. The number of anilines is 2. The molecule has 4 nitrogen and oxygen atoms in total. The van der Waals surface area contributed by atoms with Gasteiger partial charge in [-0.05, 0) is 30.7 Å². The van der Waals surface area contributed by atoms with Gasteiger partial charge in [0.2, 0.25) is 5.76 Å². The van der Waals surface area contributed by atoms with Gasteiger partial charge in [0.05, 0.1) is 0 Å². The van der Waals surface area contributed by atoms with Crippen LogP contribution in [-0.2, 0) is 0 Å². The zero-order chi connectivity index (χ0) is 11.5. The van der Waals surface area contributed by atoms with Gasteiger partial charge in [-0.15, -0.1) is 0 Å². The first kappa shape index (κ1) is 10.3. The van der Waals surface area contributed by atoms with Gasteiger partial charge in [-0.1, -0.05) is 12.1 Å². The Kier molecular flexibility index (Phi) is 2.64. The Morgan fingerprint density at radius 3 is 2.75 bits per heavy atom.